The summed E-state index contributed by atoms with van der Waals surface area (Å²) in [5.41, 5.74) is 2.25. The minimum absolute atomic E-state index is 0.0207. The van der Waals surface area contributed by atoms with Crippen molar-refractivity contribution in [2.24, 2.45) is 11.8 Å². The van der Waals surface area contributed by atoms with E-state index < -0.39 is 0 Å². The second-order valence-electron chi connectivity index (χ2n) is 9.35. The van der Waals surface area contributed by atoms with Gasteiger partial charge in [0.1, 0.15) is 0 Å². The lowest BCUT2D eigenvalue weighted by Gasteiger charge is -2.40. The highest BCUT2D eigenvalue weighted by atomic mass is 16.3. The maximum Gasteiger partial charge on any atom is 0.290 e. The average Bonchev–Trinajstić information content (AvgIpc) is 3.45. The zero-order valence-electron chi connectivity index (χ0n) is 19.4. The highest BCUT2D eigenvalue weighted by molar-refractivity contribution is 5.96. The molecule has 0 radical (unpaired) electrons. The van der Waals surface area contributed by atoms with Gasteiger partial charge in [-0.05, 0) is 71.4 Å². The van der Waals surface area contributed by atoms with E-state index in [4.69, 9.17) is 9.90 Å². The van der Waals surface area contributed by atoms with Crippen molar-refractivity contribution in [3.05, 3.63) is 17.0 Å². The number of likely N-dealkylation sites (tertiary alicyclic amines) is 2. The van der Waals surface area contributed by atoms with Gasteiger partial charge in [-0.3, -0.25) is 24.0 Å². The Hall–Kier alpha value is -2.26. The summed E-state index contributed by atoms with van der Waals surface area (Å²) in [5.74, 6) is 1.10. The number of aryl methyl sites for hydroxylation is 2. The van der Waals surface area contributed by atoms with Crippen LogP contribution in [0.2, 0.25) is 0 Å². The van der Waals surface area contributed by atoms with Crippen LogP contribution >= 0.6 is 0 Å². The number of carbonyl (C=O) groups excluding carboxylic acids is 2. The van der Waals surface area contributed by atoms with Crippen molar-refractivity contribution < 1.29 is 24.6 Å². The molecule has 0 aromatic carbocycles. The van der Waals surface area contributed by atoms with Gasteiger partial charge in [-0.2, -0.15) is 5.10 Å². The van der Waals surface area contributed by atoms with Crippen molar-refractivity contribution in [2.45, 2.75) is 71.6 Å². The SMILES string of the molecule is CC(=O)c1c(C)nn(CCC(=O)N2C[C@H]3C[C@@H](N4CCCC4)[C@H](O)C[C@H]3C2)c1C.O=CO. The zero-order chi connectivity index (χ0) is 23.4. The number of Topliss-reactive ketones (excluding diaryl/α,β-unsaturated/α-hetero) is 1. The molecule has 32 heavy (non-hydrogen) atoms. The van der Waals surface area contributed by atoms with Crippen LogP contribution in [0, 0.1) is 25.7 Å². The van der Waals surface area contributed by atoms with Crippen LogP contribution in [-0.2, 0) is 16.1 Å². The molecule has 4 atom stereocenters. The Bertz CT molecular complexity index is 833. The Morgan fingerprint density at radius 2 is 1.72 bits per heavy atom. The van der Waals surface area contributed by atoms with Gasteiger partial charge in [0.05, 0.1) is 17.4 Å². The van der Waals surface area contributed by atoms with Crippen LogP contribution < -0.4 is 0 Å². The van der Waals surface area contributed by atoms with Crippen LogP contribution in [0.15, 0.2) is 0 Å². The fourth-order valence-electron chi connectivity index (χ4n) is 5.86. The Morgan fingerprint density at radius 1 is 1.12 bits per heavy atom. The first kappa shape index (κ1) is 24.4. The molecule has 0 bridgehead atoms. The van der Waals surface area contributed by atoms with E-state index in [0.29, 0.717) is 30.4 Å². The number of ketones is 1. The van der Waals surface area contributed by atoms with Crippen molar-refractivity contribution in [1.29, 1.82) is 0 Å². The summed E-state index contributed by atoms with van der Waals surface area (Å²) in [5, 5.41) is 22.0. The number of aromatic nitrogens is 2. The molecule has 9 heteroatoms. The third kappa shape index (κ3) is 5.20. The minimum atomic E-state index is -0.260. The van der Waals surface area contributed by atoms with Crippen molar-refractivity contribution >= 4 is 18.2 Å². The van der Waals surface area contributed by atoms with Gasteiger partial charge in [0, 0.05) is 37.8 Å². The molecule has 4 rings (SSSR count). The van der Waals surface area contributed by atoms with Gasteiger partial charge >= 0.3 is 0 Å². The summed E-state index contributed by atoms with van der Waals surface area (Å²) in [6.45, 7) is 9.34. The van der Waals surface area contributed by atoms with Gasteiger partial charge in [-0.1, -0.05) is 0 Å². The van der Waals surface area contributed by atoms with Crippen molar-refractivity contribution in [1.82, 2.24) is 19.6 Å². The minimum Gasteiger partial charge on any atom is -0.483 e. The van der Waals surface area contributed by atoms with E-state index in [2.05, 4.69) is 10.00 Å². The van der Waals surface area contributed by atoms with E-state index in [9.17, 15) is 14.7 Å². The van der Waals surface area contributed by atoms with Crippen molar-refractivity contribution in [2.75, 3.05) is 26.2 Å². The molecule has 2 N–H and O–H groups in total. The molecule has 178 valence electrons. The van der Waals surface area contributed by atoms with Gasteiger partial charge in [-0.15, -0.1) is 0 Å². The Labute approximate surface area is 189 Å². The number of nitrogens with zero attached hydrogens (tertiary/aromatic N) is 4. The monoisotopic (exact) mass is 448 g/mol. The van der Waals surface area contributed by atoms with Gasteiger partial charge in [0.15, 0.2) is 5.78 Å². The summed E-state index contributed by atoms with van der Waals surface area (Å²) < 4.78 is 1.79. The van der Waals surface area contributed by atoms with Crippen LogP contribution in [0.5, 0.6) is 0 Å². The van der Waals surface area contributed by atoms with Gasteiger partial charge in [0.2, 0.25) is 5.91 Å². The van der Waals surface area contributed by atoms with Crippen molar-refractivity contribution in [3.8, 4) is 0 Å². The molecule has 2 saturated heterocycles. The predicted octanol–water partition coefficient (Wildman–Crippen LogP) is 1.49. The number of carbonyl (C=O) groups is 3. The second-order valence-corrected chi connectivity index (χ2v) is 9.35. The molecule has 1 amide bonds. The lowest BCUT2D eigenvalue weighted by Crippen LogP contribution is -2.48. The van der Waals surface area contributed by atoms with E-state index in [-0.39, 0.29) is 30.3 Å². The highest BCUT2D eigenvalue weighted by Crippen LogP contribution is 2.39. The third-order valence-corrected chi connectivity index (χ3v) is 7.34. The summed E-state index contributed by atoms with van der Waals surface area (Å²) in [6.07, 6.45) is 4.43. The summed E-state index contributed by atoms with van der Waals surface area (Å²) in [6, 6.07) is 0.272. The lowest BCUT2D eigenvalue weighted by atomic mass is 9.77. The first-order valence-corrected chi connectivity index (χ1v) is 11.6. The Kier molecular flexibility index (Phi) is 8.05. The molecule has 3 aliphatic rings. The van der Waals surface area contributed by atoms with Gasteiger partial charge < -0.3 is 15.1 Å². The fraction of sp³-hybridized carbons (Fsp3) is 0.739. The molecule has 3 heterocycles. The molecular weight excluding hydrogens is 412 g/mol. The summed E-state index contributed by atoms with van der Waals surface area (Å²) in [7, 11) is 0. The van der Waals surface area contributed by atoms with Crippen LogP contribution in [0.3, 0.4) is 0 Å². The van der Waals surface area contributed by atoms with Crippen LogP contribution in [-0.4, -0.2) is 86.3 Å². The van der Waals surface area contributed by atoms with E-state index in [1.54, 1.807) is 11.6 Å². The van der Waals surface area contributed by atoms with Crippen LogP contribution in [0.1, 0.15) is 60.8 Å². The molecule has 1 saturated carbocycles. The second kappa shape index (κ2) is 10.6. The largest absolute Gasteiger partial charge is 0.483 e. The maximum absolute atomic E-state index is 12.9. The number of carboxylic acid groups (broad SMARTS) is 1. The van der Waals surface area contributed by atoms with E-state index in [0.717, 1.165) is 50.4 Å². The topological polar surface area (TPSA) is 116 Å². The Balaban J connectivity index is 0.000000913. The standard InChI is InChI=1S/C22H34N4O3.CH2O2/c1-14-22(16(3)27)15(2)26(23-14)9-6-21(29)25-12-17-10-19(24-7-4-5-8-24)20(28)11-18(17)13-25;2-1-3/h17-20,28H,4-13H2,1-3H3;1H,(H,2,3)/t17-,18+,19-,20-;/m1./s1. The maximum atomic E-state index is 12.9. The van der Waals surface area contributed by atoms with E-state index in [1.807, 2.05) is 18.7 Å². The highest BCUT2D eigenvalue weighted by Gasteiger charge is 2.44. The fourth-order valence-corrected chi connectivity index (χ4v) is 5.86. The summed E-state index contributed by atoms with van der Waals surface area (Å²) in [4.78, 5) is 37.5. The number of hydrogen-bond acceptors (Lipinski definition) is 6. The number of aliphatic hydroxyl groups excluding tert-OH is 1. The predicted molar refractivity (Wildman–Crippen MR) is 118 cm³/mol. The summed E-state index contributed by atoms with van der Waals surface area (Å²) >= 11 is 0. The quantitative estimate of drug-likeness (QED) is 0.518. The number of rotatable bonds is 5. The molecule has 1 aromatic heterocycles. The van der Waals surface area contributed by atoms with Crippen LogP contribution in [0.4, 0.5) is 0 Å². The lowest BCUT2D eigenvalue weighted by molar-refractivity contribution is -0.130. The number of aliphatic hydroxyl groups is 1. The first-order valence-electron chi connectivity index (χ1n) is 11.6. The van der Waals surface area contributed by atoms with E-state index in [1.165, 1.54) is 12.8 Å². The van der Waals surface area contributed by atoms with Gasteiger partial charge in [0.25, 0.3) is 6.47 Å². The molecule has 3 fully saturated rings. The smallest absolute Gasteiger partial charge is 0.290 e. The zero-order valence-corrected chi connectivity index (χ0v) is 19.4. The number of hydrogen-bond donors (Lipinski definition) is 2. The van der Waals surface area contributed by atoms with Gasteiger partial charge in [-0.25, -0.2) is 0 Å². The molecule has 1 aliphatic carbocycles. The Morgan fingerprint density at radius 3 is 2.28 bits per heavy atom. The normalized spacial score (nSPS) is 27.6. The van der Waals surface area contributed by atoms with Crippen LogP contribution in [0.25, 0.3) is 0 Å². The number of amides is 1. The average molecular weight is 449 g/mol. The molecule has 2 aliphatic heterocycles. The molecular formula is C23H36N4O5. The van der Waals surface area contributed by atoms with E-state index >= 15 is 0 Å². The first-order chi connectivity index (χ1) is 15.3. The molecule has 1 aromatic rings. The third-order valence-electron chi connectivity index (χ3n) is 7.34. The number of fused-ring (bicyclic) bond motifs is 1. The molecule has 9 nitrogen and oxygen atoms in total. The molecule has 0 spiro atoms. The van der Waals surface area contributed by atoms with Crippen molar-refractivity contribution in [3.63, 3.8) is 0 Å². The molecule has 0 unspecified atom stereocenters.